The molecule has 0 atom stereocenters. The Balaban J connectivity index is 1.34. The van der Waals surface area contributed by atoms with Crippen LogP contribution in [0.2, 0.25) is 0 Å². The molecule has 1 aromatic heterocycles. The van der Waals surface area contributed by atoms with Crippen molar-refractivity contribution in [2.75, 3.05) is 13.2 Å². The molecule has 0 bridgehead atoms. The average Bonchev–Trinajstić information content (AvgIpc) is 2.70. The monoisotopic (exact) mass is 361 g/mol. The van der Waals surface area contributed by atoms with Gasteiger partial charge in [-0.05, 0) is 23.1 Å². The molecule has 0 aliphatic carbocycles. The molecule has 4 nitrogen and oxygen atoms in total. The van der Waals surface area contributed by atoms with Crippen LogP contribution in [0.25, 0.3) is 0 Å². The number of fused-ring (bicyclic) bond motifs is 1. The lowest BCUT2D eigenvalue weighted by Gasteiger charge is -2.28. The molecule has 138 valence electrons. The number of ether oxygens (including phenoxy) is 1. The molecule has 0 saturated carbocycles. The van der Waals surface area contributed by atoms with Crippen molar-refractivity contribution in [1.29, 1.82) is 0 Å². The van der Waals surface area contributed by atoms with Gasteiger partial charge in [0.2, 0.25) is 11.2 Å². The molecular weight excluding hydrogens is 338 g/mol. The Kier molecular flexibility index (Phi) is 5.35. The van der Waals surface area contributed by atoms with Gasteiger partial charge in [-0.3, -0.25) is 9.69 Å². The lowest BCUT2D eigenvalue weighted by molar-refractivity contribution is 0.220. The van der Waals surface area contributed by atoms with Gasteiger partial charge in [0.25, 0.3) is 0 Å². The van der Waals surface area contributed by atoms with Gasteiger partial charge in [0.15, 0.2) is 0 Å². The predicted octanol–water partition coefficient (Wildman–Crippen LogP) is 3.82. The molecule has 0 amide bonds. The zero-order chi connectivity index (χ0) is 18.5. The summed E-state index contributed by atoms with van der Waals surface area (Å²) in [7, 11) is 0. The standard InChI is InChI=1S/C23H23NO3/c25-22-14-21(16-24-12-10-19-8-4-5-9-20(19)15-24)27-17-23(22)26-13-11-18-6-2-1-3-7-18/h1-9,14,17H,10-13,15-16H2. The van der Waals surface area contributed by atoms with Crippen molar-refractivity contribution < 1.29 is 9.15 Å². The SMILES string of the molecule is O=c1cc(CN2CCc3ccccc3C2)occ1OCCc1ccccc1. The van der Waals surface area contributed by atoms with Gasteiger partial charge in [-0.1, -0.05) is 54.6 Å². The molecule has 0 N–H and O–H groups in total. The minimum Gasteiger partial charge on any atom is -0.486 e. The van der Waals surface area contributed by atoms with Crippen LogP contribution in [-0.4, -0.2) is 18.1 Å². The average molecular weight is 361 g/mol. The van der Waals surface area contributed by atoms with E-state index in [4.69, 9.17) is 9.15 Å². The zero-order valence-corrected chi connectivity index (χ0v) is 15.3. The summed E-state index contributed by atoms with van der Waals surface area (Å²) in [5, 5.41) is 0. The first-order valence-electron chi connectivity index (χ1n) is 9.35. The number of nitrogens with zero attached hydrogens (tertiary/aromatic N) is 1. The summed E-state index contributed by atoms with van der Waals surface area (Å²) in [5.74, 6) is 0.952. The molecule has 27 heavy (non-hydrogen) atoms. The predicted molar refractivity (Wildman–Crippen MR) is 105 cm³/mol. The molecule has 3 aromatic rings. The van der Waals surface area contributed by atoms with Gasteiger partial charge in [0, 0.05) is 25.6 Å². The second-order valence-corrected chi connectivity index (χ2v) is 6.89. The van der Waals surface area contributed by atoms with E-state index >= 15 is 0 Å². The van der Waals surface area contributed by atoms with Crippen molar-refractivity contribution in [3.63, 3.8) is 0 Å². The van der Waals surface area contributed by atoms with Gasteiger partial charge in [-0.25, -0.2) is 0 Å². The summed E-state index contributed by atoms with van der Waals surface area (Å²) in [4.78, 5) is 14.6. The van der Waals surface area contributed by atoms with Gasteiger partial charge in [-0.15, -0.1) is 0 Å². The van der Waals surface area contributed by atoms with Crippen molar-refractivity contribution in [2.45, 2.75) is 25.9 Å². The third kappa shape index (κ3) is 4.47. The third-order valence-electron chi connectivity index (χ3n) is 4.93. The Morgan fingerprint density at radius 2 is 1.78 bits per heavy atom. The fraction of sp³-hybridized carbons (Fsp3) is 0.261. The third-order valence-corrected chi connectivity index (χ3v) is 4.93. The minimum absolute atomic E-state index is 0.123. The van der Waals surface area contributed by atoms with Crippen molar-refractivity contribution in [1.82, 2.24) is 4.90 Å². The van der Waals surface area contributed by atoms with Crippen LogP contribution in [0.5, 0.6) is 5.75 Å². The van der Waals surface area contributed by atoms with Gasteiger partial charge in [0.1, 0.15) is 12.0 Å². The molecule has 2 heterocycles. The van der Waals surface area contributed by atoms with E-state index in [-0.39, 0.29) is 11.2 Å². The Morgan fingerprint density at radius 3 is 2.59 bits per heavy atom. The van der Waals surface area contributed by atoms with Crippen LogP contribution in [-0.2, 0) is 25.9 Å². The maximum Gasteiger partial charge on any atom is 0.227 e. The molecule has 1 aliphatic heterocycles. The van der Waals surface area contributed by atoms with E-state index in [1.807, 2.05) is 30.3 Å². The van der Waals surface area contributed by atoms with Crippen LogP contribution in [0.15, 0.2) is 76.1 Å². The van der Waals surface area contributed by atoms with E-state index < -0.39 is 0 Å². The van der Waals surface area contributed by atoms with Crippen LogP contribution in [0.4, 0.5) is 0 Å². The number of benzene rings is 2. The molecular formula is C23H23NO3. The highest BCUT2D eigenvalue weighted by Gasteiger charge is 2.17. The minimum atomic E-state index is -0.123. The van der Waals surface area contributed by atoms with Crippen molar-refractivity contribution in [2.24, 2.45) is 0 Å². The lowest BCUT2D eigenvalue weighted by Crippen LogP contribution is -2.30. The van der Waals surface area contributed by atoms with Crippen LogP contribution < -0.4 is 10.2 Å². The van der Waals surface area contributed by atoms with Crippen LogP contribution in [0.3, 0.4) is 0 Å². The van der Waals surface area contributed by atoms with Crippen molar-refractivity contribution in [3.8, 4) is 5.75 Å². The highest BCUT2D eigenvalue weighted by molar-refractivity contribution is 5.29. The maximum absolute atomic E-state index is 12.3. The summed E-state index contributed by atoms with van der Waals surface area (Å²) in [6.45, 7) is 2.94. The molecule has 0 radical (unpaired) electrons. The van der Waals surface area contributed by atoms with E-state index in [1.54, 1.807) is 6.07 Å². The highest BCUT2D eigenvalue weighted by Crippen LogP contribution is 2.20. The van der Waals surface area contributed by atoms with Crippen LogP contribution in [0.1, 0.15) is 22.5 Å². The van der Waals surface area contributed by atoms with E-state index in [0.717, 1.165) is 25.9 Å². The first-order chi connectivity index (χ1) is 13.3. The van der Waals surface area contributed by atoms with Gasteiger partial charge in [0.05, 0.1) is 13.2 Å². The summed E-state index contributed by atoms with van der Waals surface area (Å²) >= 11 is 0. The number of hydrogen-bond acceptors (Lipinski definition) is 4. The number of rotatable bonds is 6. The largest absolute Gasteiger partial charge is 0.486 e. The van der Waals surface area contributed by atoms with E-state index in [2.05, 4.69) is 29.2 Å². The van der Waals surface area contributed by atoms with E-state index in [1.165, 1.54) is 23.0 Å². The Hall–Kier alpha value is -2.85. The Bertz CT molecular complexity index is 949. The van der Waals surface area contributed by atoms with Gasteiger partial charge < -0.3 is 9.15 Å². The van der Waals surface area contributed by atoms with Crippen LogP contribution in [0, 0.1) is 0 Å². The molecule has 0 saturated heterocycles. The normalized spacial score (nSPS) is 13.9. The fourth-order valence-corrected chi connectivity index (χ4v) is 3.46. The summed E-state index contributed by atoms with van der Waals surface area (Å²) in [6, 6.07) is 20.1. The topological polar surface area (TPSA) is 42.7 Å². The van der Waals surface area contributed by atoms with Gasteiger partial charge >= 0.3 is 0 Å². The first kappa shape index (κ1) is 17.6. The molecule has 2 aromatic carbocycles. The summed E-state index contributed by atoms with van der Waals surface area (Å²) in [5.41, 5.74) is 3.83. The summed E-state index contributed by atoms with van der Waals surface area (Å²) < 4.78 is 11.3. The van der Waals surface area contributed by atoms with Gasteiger partial charge in [-0.2, -0.15) is 0 Å². The molecule has 0 unspecified atom stereocenters. The second-order valence-electron chi connectivity index (χ2n) is 6.89. The fourth-order valence-electron chi connectivity index (χ4n) is 3.46. The van der Waals surface area contributed by atoms with Crippen molar-refractivity contribution in [3.05, 3.63) is 99.6 Å². The quantitative estimate of drug-likeness (QED) is 0.669. The molecule has 1 aliphatic rings. The lowest BCUT2D eigenvalue weighted by atomic mass is 10.00. The molecule has 4 rings (SSSR count). The second kappa shape index (κ2) is 8.23. The highest BCUT2D eigenvalue weighted by atomic mass is 16.5. The molecule has 4 heteroatoms. The smallest absolute Gasteiger partial charge is 0.227 e. The molecule has 0 spiro atoms. The number of hydrogen-bond donors (Lipinski definition) is 0. The van der Waals surface area contributed by atoms with E-state index in [9.17, 15) is 4.79 Å². The van der Waals surface area contributed by atoms with Crippen molar-refractivity contribution >= 4 is 0 Å². The Morgan fingerprint density at radius 1 is 1.00 bits per heavy atom. The first-order valence-corrected chi connectivity index (χ1v) is 9.35. The van der Waals surface area contributed by atoms with E-state index in [0.29, 0.717) is 18.9 Å². The Labute approximate surface area is 159 Å². The maximum atomic E-state index is 12.3. The summed E-state index contributed by atoms with van der Waals surface area (Å²) in [6.07, 6.45) is 3.23. The molecule has 0 fully saturated rings. The zero-order valence-electron chi connectivity index (χ0n) is 15.3. The van der Waals surface area contributed by atoms with Crippen LogP contribution >= 0.6 is 0 Å².